The first-order valence-corrected chi connectivity index (χ1v) is 19.7. The average Bonchev–Trinajstić information content (AvgIpc) is 3.32. The van der Waals surface area contributed by atoms with E-state index in [0.717, 1.165) is 66.7 Å². The molecule has 0 spiro atoms. The minimum absolute atomic E-state index is 0.696. The van der Waals surface area contributed by atoms with Crippen LogP contribution in [0.2, 0.25) is 0 Å². The van der Waals surface area contributed by atoms with Gasteiger partial charge in [-0.05, 0) is 121 Å². The topological polar surface area (TPSA) is 25.8 Å². The van der Waals surface area contributed by atoms with Gasteiger partial charge in [0.05, 0.1) is 11.2 Å². The Kier molecular flexibility index (Phi) is 9.27. The highest BCUT2D eigenvalue weighted by Gasteiger charge is 2.16. The number of para-hydroxylation sites is 1. The fourth-order valence-corrected chi connectivity index (χ4v) is 7.89. The Labute approximate surface area is 339 Å². The van der Waals surface area contributed by atoms with Crippen LogP contribution in [0.4, 0.5) is 0 Å². The van der Waals surface area contributed by atoms with Gasteiger partial charge in [-0.3, -0.25) is 0 Å². The van der Waals surface area contributed by atoms with Crippen molar-refractivity contribution in [3.8, 4) is 89.4 Å². The minimum Gasteiger partial charge on any atom is -0.228 e. The maximum absolute atomic E-state index is 5.38. The van der Waals surface area contributed by atoms with Gasteiger partial charge in [0.1, 0.15) is 0 Å². The maximum atomic E-state index is 5.38. The summed E-state index contributed by atoms with van der Waals surface area (Å²) < 4.78 is 0. The van der Waals surface area contributed by atoms with Gasteiger partial charge in [0.15, 0.2) is 5.82 Å². The zero-order chi connectivity index (χ0) is 38.7. The van der Waals surface area contributed by atoms with Gasteiger partial charge >= 0.3 is 0 Å². The first kappa shape index (κ1) is 34.8. The van der Waals surface area contributed by atoms with Gasteiger partial charge in [-0.25, -0.2) is 9.97 Å². The van der Waals surface area contributed by atoms with Crippen LogP contribution in [0.1, 0.15) is 0 Å². The van der Waals surface area contributed by atoms with Gasteiger partial charge in [0.25, 0.3) is 0 Å². The molecule has 1 aromatic heterocycles. The maximum Gasteiger partial charge on any atom is 0.160 e. The van der Waals surface area contributed by atoms with Crippen molar-refractivity contribution in [2.24, 2.45) is 0 Å². The van der Waals surface area contributed by atoms with Gasteiger partial charge in [0.2, 0.25) is 0 Å². The van der Waals surface area contributed by atoms with E-state index in [9.17, 15) is 0 Å². The summed E-state index contributed by atoms with van der Waals surface area (Å²) in [4.78, 5) is 10.5. The lowest BCUT2D eigenvalue weighted by molar-refractivity contribution is 1.23. The number of fused-ring (bicyclic) bond motifs is 1. The molecule has 1 heterocycles. The van der Waals surface area contributed by atoms with Gasteiger partial charge in [-0.2, -0.15) is 0 Å². The molecule has 0 bridgehead atoms. The van der Waals surface area contributed by atoms with Crippen molar-refractivity contribution in [1.82, 2.24) is 9.97 Å². The zero-order valence-corrected chi connectivity index (χ0v) is 31.8. The van der Waals surface area contributed by atoms with E-state index in [1.54, 1.807) is 0 Å². The van der Waals surface area contributed by atoms with Crippen LogP contribution in [-0.2, 0) is 0 Å². The Bertz CT molecular complexity index is 2910. The molecule has 0 aliphatic rings. The summed E-state index contributed by atoms with van der Waals surface area (Å²) in [6, 6.07) is 81.9. The third kappa shape index (κ3) is 7.11. The van der Waals surface area contributed by atoms with Crippen LogP contribution in [0.5, 0.6) is 0 Å². The highest BCUT2D eigenvalue weighted by molar-refractivity contribution is 5.96. The first-order chi connectivity index (χ1) is 28.7. The molecular weight excluding hydrogens is 701 g/mol. The standard InChI is InChI=1S/C56H38N2/c1-5-17-39(18-6-1)47-33-48(40-19-7-2-8-20-40)36-51(35-47)45-27-15-25-43(31-45)44-26-16-28-46(32-44)56-57-54-30-14-13-29-53(54)55(58-56)52-37-49(41-21-9-3-10-22-41)34-50(38-52)42-23-11-4-12-24-42/h1-38H. The van der Waals surface area contributed by atoms with Crippen LogP contribution in [0.3, 0.4) is 0 Å². The first-order valence-electron chi connectivity index (χ1n) is 19.7. The molecule has 10 rings (SSSR count). The van der Waals surface area contributed by atoms with Crippen LogP contribution in [0.25, 0.3) is 100 Å². The number of hydrogen-bond donors (Lipinski definition) is 0. The van der Waals surface area contributed by atoms with Crippen molar-refractivity contribution in [2.75, 3.05) is 0 Å². The number of nitrogens with zero attached hydrogens (tertiary/aromatic N) is 2. The molecule has 0 aliphatic heterocycles. The van der Waals surface area contributed by atoms with E-state index in [1.165, 1.54) is 27.8 Å². The summed E-state index contributed by atoms with van der Waals surface area (Å²) in [7, 11) is 0. The number of hydrogen-bond acceptors (Lipinski definition) is 2. The third-order valence-electron chi connectivity index (χ3n) is 10.8. The Hall–Kier alpha value is -7.68. The summed E-state index contributed by atoms with van der Waals surface area (Å²) >= 11 is 0. The Morgan fingerprint density at radius 1 is 0.207 bits per heavy atom. The zero-order valence-electron chi connectivity index (χ0n) is 31.8. The Morgan fingerprint density at radius 3 is 0.983 bits per heavy atom. The molecular formula is C56H38N2. The molecule has 0 radical (unpaired) electrons. The minimum atomic E-state index is 0.696. The lowest BCUT2D eigenvalue weighted by atomic mass is 9.92. The van der Waals surface area contributed by atoms with Crippen molar-refractivity contribution in [3.63, 3.8) is 0 Å². The van der Waals surface area contributed by atoms with Crippen LogP contribution >= 0.6 is 0 Å². The fraction of sp³-hybridized carbons (Fsp3) is 0. The van der Waals surface area contributed by atoms with Crippen LogP contribution in [-0.4, -0.2) is 9.97 Å². The highest BCUT2D eigenvalue weighted by Crippen LogP contribution is 2.38. The number of benzene rings is 9. The van der Waals surface area contributed by atoms with Crippen molar-refractivity contribution < 1.29 is 0 Å². The molecule has 0 unspecified atom stereocenters. The highest BCUT2D eigenvalue weighted by atomic mass is 14.9. The van der Waals surface area contributed by atoms with Crippen LogP contribution in [0, 0.1) is 0 Å². The fourth-order valence-electron chi connectivity index (χ4n) is 7.89. The monoisotopic (exact) mass is 738 g/mol. The Balaban J connectivity index is 1.07. The lowest BCUT2D eigenvalue weighted by Gasteiger charge is -2.14. The lowest BCUT2D eigenvalue weighted by Crippen LogP contribution is -1.96. The second kappa shape index (κ2) is 15.5. The third-order valence-corrected chi connectivity index (χ3v) is 10.8. The second-order valence-electron chi connectivity index (χ2n) is 14.6. The van der Waals surface area contributed by atoms with Crippen molar-refractivity contribution in [3.05, 3.63) is 231 Å². The predicted octanol–water partition coefficient (Wildman–Crippen LogP) is 15.0. The molecule has 2 heteroatoms. The van der Waals surface area contributed by atoms with E-state index in [2.05, 4.69) is 231 Å². The summed E-state index contributed by atoms with van der Waals surface area (Å²) in [6.45, 7) is 0. The summed E-state index contributed by atoms with van der Waals surface area (Å²) in [6.07, 6.45) is 0. The van der Waals surface area contributed by atoms with Gasteiger partial charge in [0, 0.05) is 16.5 Å². The van der Waals surface area contributed by atoms with Gasteiger partial charge in [-0.15, -0.1) is 0 Å². The van der Waals surface area contributed by atoms with E-state index in [4.69, 9.17) is 9.97 Å². The number of rotatable bonds is 8. The van der Waals surface area contributed by atoms with Gasteiger partial charge < -0.3 is 0 Å². The molecule has 0 saturated heterocycles. The molecule has 58 heavy (non-hydrogen) atoms. The predicted molar refractivity (Wildman–Crippen MR) is 243 cm³/mol. The summed E-state index contributed by atoms with van der Waals surface area (Å²) in [5, 5.41) is 1.02. The molecule has 272 valence electrons. The smallest absolute Gasteiger partial charge is 0.160 e. The second-order valence-corrected chi connectivity index (χ2v) is 14.6. The van der Waals surface area contributed by atoms with Crippen molar-refractivity contribution >= 4 is 10.9 Å². The average molecular weight is 739 g/mol. The molecule has 9 aromatic carbocycles. The van der Waals surface area contributed by atoms with E-state index in [0.29, 0.717) is 5.82 Å². The van der Waals surface area contributed by atoms with E-state index in [1.807, 2.05) is 0 Å². The summed E-state index contributed by atoms with van der Waals surface area (Å²) in [5.41, 5.74) is 17.8. The summed E-state index contributed by atoms with van der Waals surface area (Å²) in [5.74, 6) is 0.696. The molecule has 10 aromatic rings. The molecule has 0 amide bonds. The Morgan fingerprint density at radius 2 is 0.517 bits per heavy atom. The normalized spacial score (nSPS) is 11.1. The molecule has 0 atom stereocenters. The SMILES string of the molecule is c1ccc(-c2cc(-c3ccccc3)cc(-c3cccc(-c4cccc(-c5nc(-c6cc(-c7ccccc7)cc(-c7ccccc7)c6)c6ccccc6n5)c4)c3)c2)cc1. The van der Waals surface area contributed by atoms with Crippen molar-refractivity contribution in [1.29, 1.82) is 0 Å². The van der Waals surface area contributed by atoms with Crippen molar-refractivity contribution in [2.45, 2.75) is 0 Å². The molecule has 0 N–H and O–H groups in total. The molecule has 0 aliphatic carbocycles. The van der Waals surface area contributed by atoms with Crippen LogP contribution in [0.15, 0.2) is 231 Å². The van der Waals surface area contributed by atoms with E-state index in [-0.39, 0.29) is 0 Å². The molecule has 0 fully saturated rings. The molecule has 2 nitrogen and oxygen atoms in total. The van der Waals surface area contributed by atoms with Gasteiger partial charge in [-0.1, -0.05) is 176 Å². The quantitative estimate of drug-likeness (QED) is 0.155. The van der Waals surface area contributed by atoms with Crippen LogP contribution < -0.4 is 0 Å². The molecule has 0 saturated carbocycles. The van der Waals surface area contributed by atoms with E-state index >= 15 is 0 Å². The largest absolute Gasteiger partial charge is 0.228 e. The number of aromatic nitrogens is 2. The van der Waals surface area contributed by atoms with E-state index < -0.39 is 0 Å².